The molecular formula is C14H22N2O3. The Bertz CT molecular complexity index is 396. The van der Waals surface area contributed by atoms with Gasteiger partial charge in [-0.2, -0.15) is 0 Å². The molecule has 2 N–H and O–H groups in total. The number of hydrogen-bond acceptors (Lipinski definition) is 4. The first-order valence-corrected chi connectivity index (χ1v) is 6.44. The number of benzene rings is 1. The minimum atomic E-state index is 0.0363. The van der Waals surface area contributed by atoms with Crippen molar-refractivity contribution >= 4 is 11.6 Å². The van der Waals surface area contributed by atoms with Crippen molar-refractivity contribution in [2.45, 2.75) is 13.3 Å². The third-order valence-corrected chi connectivity index (χ3v) is 2.69. The molecule has 106 valence electrons. The van der Waals surface area contributed by atoms with Crippen LogP contribution >= 0.6 is 0 Å². The largest absolute Gasteiger partial charge is 0.491 e. The first-order valence-electron chi connectivity index (χ1n) is 6.44. The maximum absolute atomic E-state index is 11.8. The number of anilines is 1. The second kappa shape index (κ2) is 8.37. The lowest BCUT2D eigenvalue weighted by Crippen LogP contribution is -2.31. The highest BCUT2D eigenvalue weighted by molar-refractivity contribution is 5.76. The van der Waals surface area contributed by atoms with E-state index in [0.29, 0.717) is 44.2 Å². The van der Waals surface area contributed by atoms with Crippen molar-refractivity contribution in [3.8, 4) is 5.75 Å². The lowest BCUT2D eigenvalue weighted by atomic mass is 10.3. The van der Waals surface area contributed by atoms with E-state index in [-0.39, 0.29) is 5.91 Å². The quantitative estimate of drug-likeness (QED) is 0.572. The predicted octanol–water partition coefficient (Wildman–Crippen LogP) is 1.53. The minimum Gasteiger partial charge on any atom is -0.491 e. The molecule has 0 spiro atoms. The third kappa shape index (κ3) is 5.61. The van der Waals surface area contributed by atoms with E-state index in [1.165, 1.54) is 0 Å². The van der Waals surface area contributed by atoms with Gasteiger partial charge in [-0.1, -0.05) is 12.1 Å². The Labute approximate surface area is 114 Å². The van der Waals surface area contributed by atoms with Gasteiger partial charge < -0.3 is 20.1 Å². The molecule has 0 unspecified atom stereocenters. The Kier molecular flexibility index (Phi) is 6.74. The summed E-state index contributed by atoms with van der Waals surface area (Å²) in [6.07, 6.45) is 0.330. The number of para-hydroxylation sites is 2. The fourth-order valence-corrected chi connectivity index (χ4v) is 1.52. The normalized spacial score (nSPS) is 10.2. The number of rotatable bonds is 8. The van der Waals surface area contributed by atoms with Crippen molar-refractivity contribution in [2.24, 2.45) is 0 Å². The van der Waals surface area contributed by atoms with E-state index in [1.54, 1.807) is 24.1 Å². The maximum Gasteiger partial charge on any atom is 0.225 e. The Hall–Kier alpha value is -1.75. The van der Waals surface area contributed by atoms with Gasteiger partial charge in [0.2, 0.25) is 5.91 Å². The molecule has 0 aliphatic heterocycles. The van der Waals surface area contributed by atoms with E-state index in [9.17, 15) is 4.79 Å². The summed E-state index contributed by atoms with van der Waals surface area (Å²) in [6.45, 7) is 4.08. The van der Waals surface area contributed by atoms with Gasteiger partial charge in [0.25, 0.3) is 0 Å². The van der Waals surface area contributed by atoms with E-state index in [4.69, 9.17) is 15.2 Å². The molecule has 1 aromatic rings. The number of hydrogen-bond donors (Lipinski definition) is 1. The molecule has 0 aliphatic carbocycles. The molecule has 0 heterocycles. The number of carbonyl (C=O) groups is 1. The molecule has 0 atom stereocenters. The smallest absolute Gasteiger partial charge is 0.225 e. The molecule has 0 aliphatic rings. The van der Waals surface area contributed by atoms with Gasteiger partial charge in [0.15, 0.2) is 0 Å². The van der Waals surface area contributed by atoms with Crippen molar-refractivity contribution in [3.05, 3.63) is 24.3 Å². The van der Waals surface area contributed by atoms with Gasteiger partial charge in [-0.05, 0) is 19.1 Å². The lowest BCUT2D eigenvalue weighted by molar-refractivity contribution is -0.131. The second-order valence-corrected chi connectivity index (χ2v) is 4.15. The molecule has 0 saturated heterocycles. The SMILES string of the molecule is CCOCCN(C)C(=O)CCOc1ccccc1N. The summed E-state index contributed by atoms with van der Waals surface area (Å²) in [5, 5.41) is 0. The van der Waals surface area contributed by atoms with E-state index in [0.717, 1.165) is 0 Å². The van der Waals surface area contributed by atoms with E-state index < -0.39 is 0 Å². The number of carbonyl (C=O) groups excluding carboxylic acids is 1. The Morgan fingerprint density at radius 2 is 2.05 bits per heavy atom. The van der Waals surface area contributed by atoms with E-state index in [1.807, 2.05) is 19.1 Å². The first-order chi connectivity index (χ1) is 9.15. The molecule has 0 radical (unpaired) electrons. The summed E-state index contributed by atoms with van der Waals surface area (Å²) < 4.78 is 10.7. The molecule has 1 amide bonds. The zero-order chi connectivity index (χ0) is 14.1. The van der Waals surface area contributed by atoms with Crippen molar-refractivity contribution in [2.75, 3.05) is 39.1 Å². The number of nitrogens with two attached hydrogens (primary N) is 1. The summed E-state index contributed by atoms with van der Waals surface area (Å²) in [6, 6.07) is 7.25. The van der Waals surface area contributed by atoms with Crippen LogP contribution in [0.4, 0.5) is 5.69 Å². The third-order valence-electron chi connectivity index (χ3n) is 2.69. The van der Waals surface area contributed by atoms with Crippen molar-refractivity contribution < 1.29 is 14.3 Å². The molecule has 5 nitrogen and oxygen atoms in total. The fourth-order valence-electron chi connectivity index (χ4n) is 1.52. The van der Waals surface area contributed by atoms with Crippen LogP contribution in [0.25, 0.3) is 0 Å². The molecule has 0 saturated carbocycles. The highest BCUT2D eigenvalue weighted by Gasteiger charge is 2.08. The lowest BCUT2D eigenvalue weighted by Gasteiger charge is -2.17. The van der Waals surface area contributed by atoms with Crippen LogP contribution in [0.2, 0.25) is 0 Å². The van der Waals surface area contributed by atoms with Crippen molar-refractivity contribution in [3.63, 3.8) is 0 Å². The van der Waals surface area contributed by atoms with Crippen molar-refractivity contribution in [1.82, 2.24) is 4.90 Å². The molecule has 19 heavy (non-hydrogen) atoms. The average molecular weight is 266 g/mol. The Balaban J connectivity index is 2.25. The van der Waals surface area contributed by atoms with Crippen LogP contribution < -0.4 is 10.5 Å². The van der Waals surface area contributed by atoms with Crippen LogP contribution in [0.3, 0.4) is 0 Å². The zero-order valence-corrected chi connectivity index (χ0v) is 11.6. The van der Waals surface area contributed by atoms with Gasteiger partial charge in [-0.25, -0.2) is 0 Å². The average Bonchev–Trinajstić information content (AvgIpc) is 2.41. The fraction of sp³-hybridized carbons (Fsp3) is 0.500. The van der Waals surface area contributed by atoms with Crippen LogP contribution in [0.5, 0.6) is 5.75 Å². The maximum atomic E-state index is 11.8. The summed E-state index contributed by atoms with van der Waals surface area (Å²) in [4.78, 5) is 13.4. The van der Waals surface area contributed by atoms with Crippen molar-refractivity contribution in [1.29, 1.82) is 0 Å². The highest BCUT2D eigenvalue weighted by atomic mass is 16.5. The highest BCUT2D eigenvalue weighted by Crippen LogP contribution is 2.19. The van der Waals surface area contributed by atoms with Gasteiger partial charge in [0.1, 0.15) is 5.75 Å². The molecular weight excluding hydrogens is 244 g/mol. The molecule has 0 fully saturated rings. The van der Waals surface area contributed by atoms with Gasteiger partial charge in [-0.15, -0.1) is 0 Å². The number of nitrogen functional groups attached to an aromatic ring is 1. The number of nitrogens with zero attached hydrogens (tertiary/aromatic N) is 1. The van der Waals surface area contributed by atoms with Gasteiger partial charge >= 0.3 is 0 Å². The summed E-state index contributed by atoms with van der Waals surface area (Å²) in [5.74, 6) is 0.654. The Morgan fingerprint density at radius 1 is 1.32 bits per heavy atom. The monoisotopic (exact) mass is 266 g/mol. The zero-order valence-electron chi connectivity index (χ0n) is 11.6. The van der Waals surface area contributed by atoms with Crippen LogP contribution in [0.1, 0.15) is 13.3 Å². The molecule has 1 rings (SSSR count). The minimum absolute atomic E-state index is 0.0363. The summed E-state index contributed by atoms with van der Waals surface area (Å²) >= 11 is 0. The number of ether oxygens (including phenoxy) is 2. The molecule has 0 aromatic heterocycles. The predicted molar refractivity (Wildman–Crippen MR) is 75.1 cm³/mol. The van der Waals surface area contributed by atoms with Gasteiger partial charge in [0, 0.05) is 20.2 Å². The number of likely N-dealkylation sites (N-methyl/N-ethyl adjacent to an activating group) is 1. The van der Waals surface area contributed by atoms with Crippen LogP contribution in [0, 0.1) is 0 Å². The topological polar surface area (TPSA) is 64.8 Å². The standard InChI is InChI=1S/C14H22N2O3/c1-3-18-11-9-16(2)14(17)8-10-19-13-7-5-4-6-12(13)15/h4-7H,3,8-11,15H2,1-2H3. The molecule has 0 bridgehead atoms. The van der Waals surface area contributed by atoms with E-state index >= 15 is 0 Å². The van der Waals surface area contributed by atoms with Gasteiger partial charge in [-0.3, -0.25) is 4.79 Å². The second-order valence-electron chi connectivity index (χ2n) is 4.15. The first kappa shape index (κ1) is 15.3. The molecule has 5 heteroatoms. The van der Waals surface area contributed by atoms with Crippen LogP contribution in [-0.2, 0) is 9.53 Å². The summed E-state index contributed by atoms with van der Waals surface area (Å²) in [5.41, 5.74) is 6.32. The number of amides is 1. The Morgan fingerprint density at radius 3 is 2.74 bits per heavy atom. The van der Waals surface area contributed by atoms with Crippen LogP contribution in [-0.4, -0.2) is 44.2 Å². The van der Waals surface area contributed by atoms with E-state index in [2.05, 4.69) is 0 Å². The molecule has 1 aromatic carbocycles. The van der Waals surface area contributed by atoms with Gasteiger partial charge in [0.05, 0.1) is 25.3 Å². The van der Waals surface area contributed by atoms with Crippen LogP contribution in [0.15, 0.2) is 24.3 Å². The summed E-state index contributed by atoms with van der Waals surface area (Å²) in [7, 11) is 1.76.